The molecule has 3 fully saturated rings. The van der Waals surface area contributed by atoms with E-state index >= 15 is 0 Å². The van der Waals surface area contributed by atoms with Crippen molar-refractivity contribution >= 4 is 18.1 Å². The molecule has 37 heavy (non-hydrogen) atoms. The number of nitrogens with zero attached hydrogens (tertiary/aromatic N) is 5. The van der Waals surface area contributed by atoms with E-state index in [4.69, 9.17) is 5.10 Å². The van der Waals surface area contributed by atoms with E-state index in [1.165, 1.54) is 4.90 Å². The number of hydrogen-bond donors (Lipinski definition) is 3. The van der Waals surface area contributed by atoms with E-state index in [0.29, 0.717) is 44.8 Å². The number of aliphatic hydroxyl groups excluding tert-OH is 1. The van der Waals surface area contributed by atoms with Crippen molar-refractivity contribution in [3.63, 3.8) is 0 Å². The topological polar surface area (TPSA) is 104 Å². The van der Waals surface area contributed by atoms with Crippen LogP contribution < -0.4 is 5.32 Å². The lowest BCUT2D eigenvalue weighted by Gasteiger charge is -2.45. The van der Waals surface area contributed by atoms with E-state index in [9.17, 15) is 28.2 Å². The normalized spacial score (nSPS) is 26.0. The average molecular weight is 533 g/mol. The van der Waals surface area contributed by atoms with E-state index in [1.54, 1.807) is 7.05 Å². The molecule has 12 heteroatoms. The van der Waals surface area contributed by atoms with Gasteiger partial charge in [-0.25, -0.2) is 4.79 Å². The summed E-state index contributed by atoms with van der Waals surface area (Å²) in [6, 6.07) is -0.531. The largest absolute Gasteiger partial charge is 0.417 e. The smallest absolute Gasteiger partial charge is 0.389 e. The Balaban J connectivity index is 1.72. The molecular formula is C25H43F3N6O3. The highest BCUT2D eigenvalue weighted by molar-refractivity contribution is 5.97. The number of rotatable bonds is 9. The molecule has 1 spiro atoms. The summed E-state index contributed by atoms with van der Waals surface area (Å²) in [6.07, 6.45) is -2.66. The van der Waals surface area contributed by atoms with Crippen LogP contribution in [-0.2, 0) is 0 Å². The van der Waals surface area contributed by atoms with Crippen molar-refractivity contribution in [2.24, 2.45) is 21.9 Å². The van der Waals surface area contributed by atoms with Gasteiger partial charge in [-0.3, -0.25) is 5.01 Å². The van der Waals surface area contributed by atoms with Gasteiger partial charge in [0.25, 0.3) is 0 Å². The van der Waals surface area contributed by atoms with Gasteiger partial charge in [-0.1, -0.05) is 27.7 Å². The van der Waals surface area contributed by atoms with Crippen molar-refractivity contribution in [1.82, 2.24) is 20.1 Å². The number of aliphatic imine (C=N–C) groups is 1. The summed E-state index contributed by atoms with van der Waals surface area (Å²) in [5.74, 6) is 1.04. The number of alkyl halides is 3. The first-order chi connectivity index (χ1) is 17.2. The zero-order valence-corrected chi connectivity index (χ0v) is 22.6. The Labute approximate surface area is 217 Å². The second-order valence-corrected chi connectivity index (χ2v) is 11.3. The average Bonchev–Trinajstić information content (AvgIpc) is 3.53. The minimum absolute atomic E-state index is 0.0604. The van der Waals surface area contributed by atoms with Gasteiger partial charge in [0.2, 0.25) is 0 Å². The molecule has 9 nitrogen and oxygen atoms in total. The van der Waals surface area contributed by atoms with Gasteiger partial charge < -0.3 is 30.3 Å². The molecule has 3 aliphatic rings. The lowest BCUT2D eigenvalue weighted by atomic mass is 9.84. The van der Waals surface area contributed by atoms with Crippen LogP contribution in [0, 0.1) is 11.8 Å². The van der Waals surface area contributed by atoms with Gasteiger partial charge in [-0.05, 0) is 25.2 Å². The maximum absolute atomic E-state index is 13.4. The number of hydrogen-bond acceptors (Lipinski definition) is 6. The minimum atomic E-state index is -4.71. The fourth-order valence-corrected chi connectivity index (χ4v) is 5.33. The molecule has 0 aromatic heterocycles. The lowest BCUT2D eigenvalue weighted by Crippen LogP contribution is -2.61. The van der Waals surface area contributed by atoms with Crippen molar-refractivity contribution in [1.29, 1.82) is 0 Å². The van der Waals surface area contributed by atoms with E-state index in [1.807, 2.05) is 30.0 Å². The number of amidine groups is 1. The molecule has 1 saturated carbocycles. The molecular weight excluding hydrogens is 489 g/mol. The van der Waals surface area contributed by atoms with Gasteiger partial charge >= 0.3 is 12.2 Å². The molecule has 0 aromatic rings. The highest BCUT2D eigenvalue weighted by atomic mass is 19.4. The second kappa shape index (κ2) is 11.3. The SMILES string of the molecule is CCC(CNC(=O)N1CCC(O)(C(F)(F)F)CC12CC2)N(CC(C)C)/N=C(\C(C)C=NC)N1CC(O)C1. The number of carbonyl (C=O) groups is 1. The van der Waals surface area contributed by atoms with Crippen LogP contribution in [0.1, 0.15) is 59.8 Å². The molecule has 3 unspecified atom stereocenters. The maximum atomic E-state index is 13.4. The monoisotopic (exact) mass is 532 g/mol. The number of piperidine rings is 1. The summed E-state index contributed by atoms with van der Waals surface area (Å²) in [4.78, 5) is 20.8. The van der Waals surface area contributed by atoms with Gasteiger partial charge in [-0.15, -0.1) is 0 Å². The molecule has 212 valence electrons. The third kappa shape index (κ3) is 6.68. The van der Waals surface area contributed by atoms with Gasteiger partial charge in [0, 0.05) is 64.4 Å². The Bertz CT molecular complexity index is 857. The number of hydrazone groups is 1. The van der Waals surface area contributed by atoms with E-state index in [-0.39, 0.29) is 31.2 Å². The summed E-state index contributed by atoms with van der Waals surface area (Å²) >= 11 is 0. The van der Waals surface area contributed by atoms with Gasteiger partial charge in [0.05, 0.1) is 18.1 Å². The molecule has 3 atom stereocenters. The van der Waals surface area contributed by atoms with E-state index in [2.05, 4.69) is 24.2 Å². The molecule has 2 heterocycles. The van der Waals surface area contributed by atoms with Crippen molar-refractivity contribution in [3.8, 4) is 0 Å². The number of aliphatic hydroxyl groups is 2. The summed E-state index contributed by atoms with van der Waals surface area (Å²) in [7, 11) is 1.71. The highest BCUT2D eigenvalue weighted by Crippen LogP contribution is 2.54. The second-order valence-electron chi connectivity index (χ2n) is 11.3. The van der Waals surface area contributed by atoms with Gasteiger partial charge in [-0.2, -0.15) is 18.3 Å². The Hall–Kier alpha value is -2.08. The highest BCUT2D eigenvalue weighted by Gasteiger charge is 2.65. The summed E-state index contributed by atoms with van der Waals surface area (Å²) in [5, 5.41) is 30.0. The van der Waals surface area contributed by atoms with Crippen molar-refractivity contribution in [2.45, 2.75) is 89.3 Å². The van der Waals surface area contributed by atoms with Crippen LogP contribution in [0.5, 0.6) is 0 Å². The number of halogens is 3. The third-order valence-electron chi connectivity index (χ3n) is 7.67. The zero-order chi connectivity index (χ0) is 27.6. The predicted octanol–water partition coefficient (Wildman–Crippen LogP) is 2.68. The van der Waals surface area contributed by atoms with E-state index in [0.717, 1.165) is 5.84 Å². The quantitative estimate of drug-likeness (QED) is 0.241. The Morgan fingerprint density at radius 1 is 1.24 bits per heavy atom. The summed E-state index contributed by atoms with van der Waals surface area (Å²) in [5.41, 5.74) is -3.67. The van der Waals surface area contributed by atoms with Crippen LogP contribution in [0.3, 0.4) is 0 Å². The van der Waals surface area contributed by atoms with Crippen LogP contribution in [0.2, 0.25) is 0 Å². The first-order valence-corrected chi connectivity index (χ1v) is 13.3. The molecule has 0 bridgehead atoms. The van der Waals surface area contributed by atoms with Crippen LogP contribution in [0.25, 0.3) is 0 Å². The number of amides is 2. The molecule has 3 N–H and O–H groups in total. The van der Waals surface area contributed by atoms with Crippen LogP contribution in [0.4, 0.5) is 18.0 Å². The fourth-order valence-electron chi connectivity index (χ4n) is 5.33. The standard InChI is InChI=1S/C25H43F3N6O3/c1-6-19(34(13-17(2)3)31-21(18(4)11-29-5)32-14-20(35)15-32)12-30-22(36)33-10-9-24(37,25(26,27)28)16-23(33)7-8-23/h11,17-20,35,37H,6-10,12-16H2,1-5H3,(H,30,36)/b29-11?,31-21+. The number of nitrogens with one attached hydrogen (secondary N) is 1. The van der Waals surface area contributed by atoms with Crippen LogP contribution >= 0.6 is 0 Å². The molecule has 3 rings (SSSR count). The summed E-state index contributed by atoms with van der Waals surface area (Å²) < 4.78 is 40.3. The predicted molar refractivity (Wildman–Crippen MR) is 137 cm³/mol. The Morgan fingerprint density at radius 3 is 2.38 bits per heavy atom. The van der Waals surface area contributed by atoms with Crippen molar-refractivity contribution in [3.05, 3.63) is 0 Å². The molecule has 1 aliphatic carbocycles. The number of likely N-dealkylation sites (tertiary alicyclic amines) is 2. The third-order valence-corrected chi connectivity index (χ3v) is 7.67. The number of urea groups is 1. The molecule has 2 saturated heterocycles. The van der Waals surface area contributed by atoms with Crippen LogP contribution in [0.15, 0.2) is 10.1 Å². The maximum Gasteiger partial charge on any atom is 0.417 e. The zero-order valence-electron chi connectivity index (χ0n) is 22.6. The molecule has 0 aromatic carbocycles. The Morgan fingerprint density at radius 2 is 1.89 bits per heavy atom. The van der Waals surface area contributed by atoms with Crippen molar-refractivity contribution in [2.75, 3.05) is 39.8 Å². The Kier molecular flexibility index (Phi) is 9.04. The fraction of sp³-hybridized carbons (Fsp3) is 0.880. The number of carbonyl (C=O) groups excluding carboxylic acids is 1. The van der Waals surface area contributed by atoms with Crippen molar-refractivity contribution < 1.29 is 28.2 Å². The molecule has 0 radical (unpaired) electrons. The number of β-amino-alcohol motifs (C(OH)–C–C–N with tert-alkyl or cyclic N) is 1. The minimum Gasteiger partial charge on any atom is -0.389 e. The summed E-state index contributed by atoms with van der Waals surface area (Å²) in [6.45, 7) is 9.99. The van der Waals surface area contributed by atoms with Crippen LogP contribution in [-0.4, -0.2) is 112 Å². The van der Waals surface area contributed by atoms with E-state index < -0.39 is 36.2 Å². The first kappa shape index (κ1) is 29.5. The van der Waals surface area contributed by atoms with Gasteiger partial charge in [0.1, 0.15) is 5.84 Å². The first-order valence-electron chi connectivity index (χ1n) is 13.3. The molecule has 2 aliphatic heterocycles. The lowest BCUT2D eigenvalue weighted by molar-refractivity contribution is -0.277. The molecule has 2 amide bonds. The van der Waals surface area contributed by atoms with Gasteiger partial charge in [0.15, 0.2) is 5.60 Å².